The Hall–Kier alpha value is -2.89. The molecule has 21 heavy (non-hydrogen) atoms. The second-order valence-corrected chi connectivity index (χ2v) is 4.11. The minimum Gasteiger partial charge on any atom is -0.497 e. The summed E-state index contributed by atoms with van der Waals surface area (Å²) in [4.78, 5) is 3.92. The van der Waals surface area contributed by atoms with Crippen molar-refractivity contribution in [3.63, 3.8) is 0 Å². The van der Waals surface area contributed by atoms with Crippen molar-refractivity contribution in [3.8, 4) is 11.5 Å². The Balaban J connectivity index is 2.17. The van der Waals surface area contributed by atoms with Gasteiger partial charge in [-0.3, -0.25) is 4.98 Å². The van der Waals surface area contributed by atoms with Gasteiger partial charge in [-0.1, -0.05) is 0 Å². The zero-order valence-electron chi connectivity index (χ0n) is 11.9. The van der Waals surface area contributed by atoms with Crippen LogP contribution in [0, 0.1) is 0 Å². The number of hydrogen-bond donors (Lipinski definition) is 1. The van der Waals surface area contributed by atoms with E-state index in [9.17, 15) is 0 Å². The fourth-order valence-corrected chi connectivity index (χ4v) is 1.64. The molecule has 0 amide bonds. The maximum atomic E-state index is 5.83. The highest BCUT2D eigenvalue weighted by molar-refractivity contribution is 5.97. The molecule has 0 aliphatic rings. The van der Waals surface area contributed by atoms with Crippen LogP contribution in [0.5, 0.6) is 11.5 Å². The van der Waals surface area contributed by atoms with E-state index in [4.69, 9.17) is 15.2 Å². The molecule has 0 atom stereocenters. The van der Waals surface area contributed by atoms with Gasteiger partial charge in [0.15, 0.2) is 5.84 Å². The molecule has 0 radical (unpaired) electrons. The maximum Gasteiger partial charge on any atom is 0.153 e. The summed E-state index contributed by atoms with van der Waals surface area (Å²) in [6, 6.07) is 8.96. The van der Waals surface area contributed by atoms with Crippen LogP contribution in [0.3, 0.4) is 0 Å². The van der Waals surface area contributed by atoms with Crippen LogP contribution in [-0.4, -0.2) is 31.3 Å². The lowest BCUT2D eigenvalue weighted by Gasteiger charge is -2.05. The Morgan fingerprint density at radius 3 is 2.29 bits per heavy atom. The van der Waals surface area contributed by atoms with Gasteiger partial charge in [-0.25, -0.2) is 0 Å². The van der Waals surface area contributed by atoms with Crippen molar-refractivity contribution in [2.45, 2.75) is 0 Å². The van der Waals surface area contributed by atoms with Crippen LogP contribution in [0.25, 0.3) is 0 Å². The van der Waals surface area contributed by atoms with Crippen molar-refractivity contribution < 1.29 is 9.47 Å². The number of aromatic nitrogens is 1. The smallest absolute Gasteiger partial charge is 0.153 e. The van der Waals surface area contributed by atoms with Crippen LogP contribution in [0.4, 0.5) is 0 Å². The van der Waals surface area contributed by atoms with E-state index < -0.39 is 0 Å². The van der Waals surface area contributed by atoms with Gasteiger partial charge in [-0.15, -0.1) is 5.10 Å². The fraction of sp³-hybridized carbons (Fsp3) is 0.133. The second kappa shape index (κ2) is 7.04. The molecule has 0 bridgehead atoms. The molecule has 6 heteroatoms. The van der Waals surface area contributed by atoms with Crippen LogP contribution in [0.2, 0.25) is 0 Å². The molecule has 0 saturated heterocycles. The Kier molecular flexibility index (Phi) is 4.87. The second-order valence-electron chi connectivity index (χ2n) is 4.11. The summed E-state index contributed by atoms with van der Waals surface area (Å²) < 4.78 is 10.4. The summed E-state index contributed by atoms with van der Waals surface area (Å²) in [5.74, 6) is 1.69. The molecule has 0 aliphatic carbocycles. The molecular weight excluding hydrogens is 268 g/mol. The normalized spacial score (nSPS) is 11.6. The van der Waals surface area contributed by atoms with Gasteiger partial charge in [0.25, 0.3) is 0 Å². The monoisotopic (exact) mass is 284 g/mol. The van der Waals surface area contributed by atoms with Crippen LogP contribution in [-0.2, 0) is 0 Å². The van der Waals surface area contributed by atoms with E-state index >= 15 is 0 Å². The first kappa shape index (κ1) is 14.5. The highest BCUT2D eigenvalue weighted by Gasteiger charge is 2.00. The molecule has 2 aromatic rings. The molecule has 1 aromatic carbocycles. The van der Waals surface area contributed by atoms with E-state index in [1.54, 1.807) is 51.0 Å². The Labute approximate surface area is 122 Å². The van der Waals surface area contributed by atoms with Crippen molar-refractivity contribution in [1.82, 2.24) is 4.98 Å². The zero-order chi connectivity index (χ0) is 15.1. The van der Waals surface area contributed by atoms with Crippen molar-refractivity contribution >= 4 is 12.1 Å². The lowest BCUT2D eigenvalue weighted by molar-refractivity contribution is 0.394. The molecule has 0 aliphatic heterocycles. The first-order valence-electron chi connectivity index (χ1n) is 6.23. The SMILES string of the molecule is COc1cc(/C=N/N=C(\N)c2ccncc2)cc(OC)c1. The van der Waals surface area contributed by atoms with Gasteiger partial charge in [-0.2, -0.15) is 5.10 Å². The number of nitrogens with two attached hydrogens (primary N) is 1. The standard InChI is InChI=1S/C15H16N4O2/c1-20-13-7-11(8-14(9-13)21-2)10-18-19-15(16)12-3-5-17-6-4-12/h3-10H,1-2H3,(H2,16,19)/b18-10+. The number of rotatable bonds is 5. The molecule has 0 spiro atoms. The van der Waals surface area contributed by atoms with E-state index in [-0.39, 0.29) is 0 Å². The predicted octanol–water partition coefficient (Wildman–Crippen LogP) is 1.84. The number of benzene rings is 1. The van der Waals surface area contributed by atoms with Crippen molar-refractivity contribution in [2.24, 2.45) is 15.9 Å². The molecule has 1 heterocycles. The van der Waals surface area contributed by atoms with Crippen molar-refractivity contribution in [3.05, 3.63) is 53.9 Å². The van der Waals surface area contributed by atoms with Gasteiger partial charge in [0, 0.05) is 29.6 Å². The lowest BCUT2D eigenvalue weighted by Crippen LogP contribution is -2.12. The molecule has 0 unspecified atom stereocenters. The topological polar surface area (TPSA) is 82.1 Å². The van der Waals surface area contributed by atoms with Gasteiger partial charge in [0.1, 0.15) is 11.5 Å². The van der Waals surface area contributed by atoms with Gasteiger partial charge in [0.05, 0.1) is 20.4 Å². The Morgan fingerprint density at radius 2 is 1.71 bits per heavy atom. The van der Waals surface area contributed by atoms with E-state index in [0.717, 1.165) is 11.1 Å². The third-order valence-electron chi connectivity index (χ3n) is 2.72. The average molecular weight is 284 g/mol. The van der Waals surface area contributed by atoms with Crippen LogP contribution < -0.4 is 15.2 Å². The third kappa shape index (κ3) is 4.04. The van der Waals surface area contributed by atoms with E-state index in [1.807, 2.05) is 12.1 Å². The molecule has 2 N–H and O–H groups in total. The molecule has 1 aromatic heterocycles. The summed E-state index contributed by atoms with van der Waals surface area (Å²) in [6.07, 6.45) is 4.88. The number of amidine groups is 1. The summed E-state index contributed by atoms with van der Waals surface area (Å²) in [5.41, 5.74) is 7.40. The minimum atomic E-state index is 0.323. The quantitative estimate of drug-likeness (QED) is 0.516. The van der Waals surface area contributed by atoms with Crippen LogP contribution in [0.1, 0.15) is 11.1 Å². The largest absolute Gasteiger partial charge is 0.497 e. The van der Waals surface area contributed by atoms with Gasteiger partial charge in [0.2, 0.25) is 0 Å². The molecular formula is C15H16N4O2. The fourth-order valence-electron chi connectivity index (χ4n) is 1.64. The summed E-state index contributed by atoms with van der Waals surface area (Å²) in [7, 11) is 3.19. The molecule has 6 nitrogen and oxygen atoms in total. The number of methoxy groups -OCH3 is 2. The maximum absolute atomic E-state index is 5.83. The molecule has 0 fully saturated rings. The first-order valence-corrected chi connectivity index (χ1v) is 6.23. The molecule has 0 saturated carbocycles. The molecule has 2 rings (SSSR count). The summed E-state index contributed by atoms with van der Waals surface area (Å²) in [5, 5.41) is 7.93. The van der Waals surface area contributed by atoms with Gasteiger partial charge in [-0.05, 0) is 24.3 Å². The van der Waals surface area contributed by atoms with Crippen LogP contribution >= 0.6 is 0 Å². The van der Waals surface area contributed by atoms with E-state index in [2.05, 4.69) is 15.2 Å². The average Bonchev–Trinajstić information content (AvgIpc) is 2.55. The lowest BCUT2D eigenvalue weighted by atomic mass is 10.2. The number of hydrogen-bond acceptors (Lipinski definition) is 5. The number of pyridine rings is 1. The first-order chi connectivity index (χ1) is 10.2. The third-order valence-corrected chi connectivity index (χ3v) is 2.72. The highest BCUT2D eigenvalue weighted by Crippen LogP contribution is 2.21. The predicted molar refractivity (Wildman–Crippen MR) is 82.1 cm³/mol. The van der Waals surface area contributed by atoms with Crippen molar-refractivity contribution in [1.29, 1.82) is 0 Å². The van der Waals surface area contributed by atoms with E-state index in [0.29, 0.717) is 17.3 Å². The van der Waals surface area contributed by atoms with Gasteiger partial charge < -0.3 is 15.2 Å². The van der Waals surface area contributed by atoms with Crippen LogP contribution in [0.15, 0.2) is 52.9 Å². The highest BCUT2D eigenvalue weighted by atomic mass is 16.5. The Bertz CT molecular complexity index is 632. The number of nitrogens with zero attached hydrogens (tertiary/aromatic N) is 3. The van der Waals surface area contributed by atoms with E-state index in [1.165, 1.54) is 0 Å². The summed E-state index contributed by atoms with van der Waals surface area (Å²) >= 11 is 0. The summed E-state index contributed by atoms with van der Waals surface area (Å²) in [6.45, 7) is 0. The Morgan fingerprint density at radius 1 is 1.10 bits per heavy atom. The zero-order valence-corrected chi connectivity index (χ0v) is 11.9. The van der Waals surface area contributed by atoms with Gasteiger partial charge >= 0.3 is 0 Å². The number of ether oxygens (including phenoxy) is 2. The molecule has 108 valence electrons. The van der Waals surface area contributed by atoms with Crippen molar-refractivity contribution in [2.75, 3.05) is 14.2 Å². The minimum absolute atomic E-state index is 0.323.